The van der Waals surface area contributed by atoms with Gasteiger partial charge in [-0.1, -0.05) is 48.0 Å². The standard InChI is InChI=1S/C24H27ClN2O3/c1-16-9-4-6-13-21(18-10-8-11-19(25)15-18)26-23(28)17(2)27(3)24(29)20-12-5-7-14-22(20)30-16/h4-8,10-12,14-17,21H,9,13H2,1-3H3,(H,26,28)/b6-4+/t16-,17-,21-/m0/s1. The molecule has 0 radical (unpaired) electrons. The van der Waals surface area contributed by atoms with Gasteiger partial charge in [-0.05, 0) is 50.1 Å². The monoisotopic (exact) mass is 426 g/mol. The molecule has 1 N–H and O–H groups in total. The Morgan fingerprint density at radius 1 is 1.03 bits per heavy atom. The maximum atomic E-state index is 13.1. The average Bonchev–Trinajstić information content (AvgIpc) is 2.74. The van der Waals surface area contributed by atoms with Crippen LogP contribution in [0.4, 0.5) is 0 Å². The van der Waals surface area contributed by atoms with Crippen molar-refractivity contribution in [3.8, 4) is 5.75 Å². The Morgan fingerprint density at radius 2 is 1.77 bits per heavy atom. The number of amides is 2. The third-order valence-electron chi connectivity index (χ3n) is 5.30. The van der Waals surface area contributed by atoms with E-state index in [1.807, 2.05) is 43.3 Å². The summed E-state index contributed by atoms with van der Waals surface area (Å²) in [5.74, 6) is 0.0390. The summed E-state index contributed by atoms with van der Waals surface area (Å²) < 4.78 is 6.03. The molecule has 0 unspecified atom stereocenters. The summed E-state index contributed by atoms with van der Waals surface area (Å²) in [6, 6.07) is 13.7. The summed E-state index contributed by atoms with van der Waals surface area (Å²) in [6.07, 6.45) is 5.29. The summed E-state index contributed by atoms with van der Waals surface area (Å²) in [5, 5.41) is 3.69. The Morgan fingerprint density at radius 3 is 2.53 bits per heavy atom. The van der Waals surface area contributed by atoms with Crippen molar-refractivity contribution in [3.63, 3.8) is 0 Å². The van der Waals surface area contributed by atoms with E-state index in [1.165, 1.54) is 4.90 Å². The van der Waals surface area contributed by atoms with Gasteiger partial charge in [0, 0.05) is 18.5 Å². The quantitative estimate of drug-likeness (QED) is 0.668. The van der Waals surface area contributed by atoms with E-state index >= 15 is 0 Å². The van der Waals surface area contributed by atoms with Crippen LogP contribution in [0.1, 0.15) is 48.7 Å². The summed E-state index contributed by atoms with van der Waals surface area (Å²) in [6.45, 7) is 3.69. The first-order valence-electron chi connectivity index (χ1n) is 10.1. The van der Waals surface area contributed by atoms with Crippen molar-refractivity contribution in [2.24, 2.45) is 0 Å². The van der Waals surface area contributed by atoms with Crippen molar-refractivity contribution in [2.75, 3.05) is 7.05 Å². The van der Waals surface area contributed by atoms with Crippen LogP contribution < -0.4 is 10.1 Å². The number of benzene rings is 2. The van der Waals surface area contributed by atoms with E-state index in [2.05, 4.69) is 5.32 Å². The number of hydrogen-bond acceptors (Lipinski definition) is 3. The second kappa shape index (κ2) is 9.81. The van der Waals surface area contributed by atoms with Gasteiger partial charge in [-0.2, -0.15) is 0 Å². The van der Waals surface area contributed by atoms with Gasteiger partial charge in [-0.25, -0.2) is 0 Å². The Labute approximate surface area is 182 Å². The normalized spacial score (nSPS) is 24.3. The summed E-state index contributed by atoms with van der Waals surface area (Å²) >= 11 is 6.16. The molecule has 2 aromatic carbocycles. The van der Waals surface area contributed by atoms with Crippen molar-refractivity contribution in [2.45, 2.75) is 44.9 Å². The first kappa shape index (κ1) is 21.9. The van der Waals surface area contributed by atoms with Gasteiger partial charge in [0.15, 0.2) is 0 Å². The molecule has 0 aliphatic carbocycles. The number of carbonyl (C=O) groups is 2. The third-order valence-corrected chi connectivity index (χ3v) is 5.54. The first-order valence-corrected chi connectivity index (χ1v) is 10.5. The Kier molecular flexibility index (Phi) is 7.16. The highest BCUT2D eigenvalue weighted by Crippen LogP contribution is 2.25. The number of nitrogens with zero attached hydrogens (tertiary/aromatic N) is 1. The highest BCUT2D eigenvalue weighted by molar-refractivity contribution is 6.30. The van der Waals surface area contributed by atoms with Crippen LogP contribution in [0, 0.1) is 0 Å². The van der Waals surface area contributed by atoms with E-state index in [0.29, 0.717) is 29.2 Å². The number of likely N-dealkylation sites (N-methyl/N-ethyl adjacent to an activating group) is 1. The zero-order valence-corrected chi connectivity index (χ0v) is 18.2. The smallest absolute Gasteiger partial charge is 0.258 e. The molecule has 6 heteroatoms. The van der Waals surface area contributed by atoms with E-state index in [9.17, 15) is 9.59 Å². The maximum absolute atomic E-state index is 13.1. The lowest BCUT2D eigenvalue weighted by atomic mass is 10.0. The fourth-order valence-electron chi connectivity index (χ4n) is 3.37. The molecule has 2 amide bonds. The summed E-state index contributed by atoms with van der Waals surface area (Å²) in [7, 11) is 1.63. The molecule has 0 saturated heterocycles. The number of para-hydroxylation sites is 1. The molecule has 3 atom stereocenters. The average molecular weight is 427 g/mol. The molecule has 0 saturated carbocycles. The lowest BCUT2D eigenvalue weighted by molar-refractivity contribution is -0.125. The van der Waals surface area contributed by atoms with Gasteiger partial charge in [0.05, 0.1) is 17.7 Å². The molecule has 3 rings (SSSR count). The fourth-order valence-corrected chi connectivity index (χ4v) is 3.57. The lowest BCUT2D eigenvalue weighted by Crippen LogP contribution is -2.47. The minimum absolute atomic E-state index is 0.0971. The topological polar surface area (TPSA) is 58.6 Å². The van der Waals surface area contributed by atoms with E-state index in [4.69, 9.17) is 16.3 Å². The van der Waals surface area contributed by atoms with E-state index in [1.54, 1.807) is 38.2 Å². The second-order valence-corrected chi connectivity index (χ2v) is 8.01. The van der Waals surface area contributed by atoms with Gasteiger partial charge < -0.3 is 15.0 Å². The molecule has 2 aromatic rings. The lowest BCUT2D eigenvalue weighted by Gasteiger charge is -2.28. The molecule has 5 nitrogen and oxygen atoms in total. The summed E-state index contributed by atoms with van der Waals surface area (Å²) in [5.41, 5.74) is 1.36. The molecular formula is C24H27ClN2O3. The minimum atomic E-state index is -0.656. The minimum Gasteiger partial charge on any atom is -0.490 e. The molecule has 1 heterocycles. The van der Waals surface area contributed by atoms with Gasteiger partial charge in [-0.15, -0.1) is 0 Å². The van der Waals surface area contributed by atoms with Crippen molar-refractivity contribution in [1.29, 1.82) is 0 Å². The van der Waals surface area contributed by atoms with Crippen LogP contribution in [0.15, 0.2) is 60.7 Å². The third kappa shape index (κ3) is 5.22. The number of ether oxygens (including phenoxy) is 1. The molecule has 158 valence electrons. The van der Waals surface area contributed by atoms with Gasteiger partial charge in [-0.3, -0.25) is 9.59 Å². The van der Waals surface area contributed by atoms with Gasteiger partial charge >= 0.3 is 0 Å². The van der Waals surface area contributed by atoms with Crippen LogP contribution >= 0.6 is 11.6 Å². The molecular weight excluding hydrogens is 400 g/mol. The molecule has 0 aromatic heterocycles. The first-order chi connectivity index (χ1) is 14.4. The predicted octanol–water partition coefficient (Wildman–Crippen LogP) is 4.78. The molecule has 30 heavy (non-hydrogen) atoms. The molecule has 0 fully saturated rings. The number of halogens is 1. The highest BCUT2D eigenvalue weighted by atomic mass is 35.5. The Hall–Kier alpha value is -2.79. The number of hydrogen-bond donors (Lipinski definition) is 1. The number of nitrogens with one attached hydrogen (secondary N) is 1. The maximum Gasteiger partial charge on any atom is 0.258 e. The van der Waals surface area contributed by atoms with E-state index < -0.39 is 6.04 Å². The van der Waals surface area contributed by atoms with Gasteiger partial charge in [0.2, 0.25) is 5.91 Å². The van der Waals surface area contributed by atoms with Crippen LogP contribution in [0.5, 0.6) is 5.75 Å². The molecule has 1 aliphatic rings. The SMILES string of the molecule is C[C@H]1C/C=C/C[C@@H](c2cccc(Cl)c2)NC(=O)[C@H](C)N(C)C(=O)c2ccccc2O1. The predicted molar refractivity (Wildman–Crippen MR) is 119 cm³/mol. The van der Waals surface area contributed by atoms with Crippen LogP contribution in [0.2, 0.25) is 5.02 Å². The van der Waals surface area contributed by atoms with E-state index in [0.717, 1.165) is 5.56 Å². The molecule has 0 spiro atoms. The van der Waals surface area contributed by atoms with E-state index in [-0.39, 0.29) is 24.0 Å². The number of carbonyl (C=O) groups excluding carboxylic acids is 2. The van der Waals surface area contributed by atoms with Crippen molar-refractivity contribution in [3.05, 3.63) is 76.8 Å². The van der Waals surface area contributed by atoms with Crippen molar-refractivity contribution < 1.29 is 14.3 Å². The van der Waals surface area contributed by atoms with Crippen molar-refractivity contribution >= 4 is 23.4 Å². The highest BCUT2D eigenvalue weighted by Gasteiger charge is 2.27. The zero-order chi connectivity index (χ0) is 21.7. The summed E-state index contributed by atoms with van der Waals surface area (Å²) in [4.78, 5) is 27.5. The largest absolute Gasteiger partial charge is 0.490 e. The molecule has 0 bridgehead atoms. The van der Waals surface area contributed by atoms with Crippen molar-refractivity contribution in [1.82, 2.24) is 10.2 Å². The Balaban J connectivity index is 1.93. The Bertz CT molecular complexity index is 944. The molecule has 1 aliphatic heterocycles. The number of fused-ring (bicyclic) bond motifs is 1. The van der Waals surface area contributed by atoms with Gasteiger partial charge in [0.1, 0.15) is 11.8 Å². The van der Waals surface area contributed by atoms with Crippen LogP contribution in [-0.2, 0) is 4.79 Å². The zero-order valence-electron chi connectivity index (χ0n) is 17.5. The van der Waals surface area contributed by atoms with Crippen LogP contribution in [0.3, 0.4) is 0 Å². The van der Waals surface area contributed by atoms with Gasteiger partial charge in [0.25, 0.3) is 5.91 Å². The fraction of sp³-hybridized carbons (Fsp3) is 0.333. The second-order valence-electron chi connectivity index (χ2n) is 7.58. The number of rotatable bonds is 1. The van der Waals surface area contributed by atoms with Crippen LogP contribution in [0.25, 0.3) is 0 Å². The van der Waals surface area contributed by atoms with Crippen LogP contribution in [-0.4, -0.2) is 35.9 Å².